The largest absolute Gasteiger partial charge is 1.00 e. The van der Waals surface area contributed by atoms with Gasteiger partial charge in [-0.05, 0) is 6.42 Å². The third kappa shape index (κ3) is 8.54. The molecule has 0 aromatic rings. The Hall–Kier alpha value is 0.629. The molecule has 0 N–H and O–H groups in total. The molecule has 1 nitrogen and oxygen atoms in total. The van der Waals surface area contributed by atoms with Crippen LogP contribution in [-0.2, 0) is 29.7 Å². The van der Waals surface area contributed by atoms with E-state index < -0.39 is 0 Å². The first-order chi connectivity index (χ1) is 4.68. The predicted octanol–water partition coefficient (Wildman–Crippen LogP) is 1.94. The van der Waals surface area contributed by atoms with Gasteiger partial charge < -0.3 is 29.7 Å². The number of hydrogen-bond donors (Lipinski definition) is 0. The van der Waals surface area contributed by atoms with Crippen molar-refractivity contribution in [3.8, 4) is 0 Å². The molecule has 0 unspecified atom stereocenters. The van der Waals surface area contributed by atoms with E-state index in [1.165, 1.54) is 19.3 Å². The van der Waals surface area contributed by atoms with Crippen LogP contribution in [0.1, 0.15) is 26.2 Å². The second-order valence-corrected chi connectivity index (χ2v) is 3.43. The van der Waals surface area contributed by atoms with E-state index in [0.717, 1.165) is 6.54 Å². The first-order valence-corrected chi connectivity index (χ1v) is 4.42. The van der Waals surface area contributed by atoms with E-state index in [2.05, 4.69) is 6.92 Å². The summed E-state index contributed by atoms with van der Waals surface area (Å²) in [6.07, 6.45) is 3.71. The molecule has 70 valence electrons. The molecule has 0 amide bonds. The van der Waals surface area contributed by atoms with Crippen LogP contribution >= 0.6 is 12.2 Å². The van der Waals surface area contributed by atoms with Gasteiger partial charge in [0.2, 0.25) is 0 Å². The molecule has 11 heavy (non-hydrogen) atoms. The fourth-order valence-corrected chi connectivity index (χ4v) is 0.873. The Morgan fingerprint density at radius 3 is 2.36 bits per heavy atom. The minimum atomic E-state index is 0. The number of hydrogen-bond acceptors (Lipinski definition) is 2. The molecule has 0 spiro atoms. The van der Waals surface area contributed by atoms with Crippen LogP contribution in [-0.4, -0.2) is 22.8 Å². The van der Waals surface area contributed by atoms with Gasteiger partial charge in [-0.1, -0.05) is 24.1 Å². The molecular formula is C7H14CuNS2. The minimum Gasteiger partial charge on any atom is -0.411 e. The van der Waals surface area contributed by atoms with Crippen molar-refractivity contribution in [3.05, 3.63) is 0 Å². The molecular weight excluding hydrogens is 226 g/mol. The molecule has 0 saturated carbocycles. The summed E-state index contributed by atoms with van der Waals surface area (Å²) in [6, 6.07) is 0. The van der Waals surface area contributed by atoms with Gasteiger partial charge in [0, 0.05) is 13.6 Å². The average Bonchev–Trinajstić information content (AvgIpc) is 1.88. The van der Waals surface area contributed by atoms with Crippen LogP contribution in [0.15, 0.2) is 0 Å². The summed E-state index contributed by atoms with van der Waals surface area (Å²) in [4.78, 5) is 1.94. The fraction of sp³-hybridized carbons (Fsp3) is 0.857. The van der Waals surface area contributed by atoms with Crippen molar-refractivity contribution in [2.24, 2.45) is 0 Å². The summed E-state index contributed by atoms with van der Waals surface area (Å²) in [7, 11) is 1.95. The number of unbranched alkanes of at least 4 members (excludes halogenated alkanes) is 2. The quantitative estimate of drug-likeness (QED) is 0.320. The van der Waals surface area contributed by atoms with Crippen molar-refractivity contribution in [2.75, 3.05) is 13.6 Å². The van der Waals surface area contributed by atoms with E-state index in [1.54, 1.807) is 0 Å². The van der Waals surface area contributed by atoms with E-state index in [1.807, 2.05) is 11.9 Å². The summed E-state index contributed by atoms with van der Waals surface area (Å²) in [5.74, 6) is 0. The van der Waals surface area contributed by atoms with Gasteiger partial charge in [-0.15, -0.1) is 0 Å². The van der Waals surface area contributed by atoms with Gasteiger partial charge in [-0.3, -0.25) is 0 Å². The number of rotatable bonds is 4. The zero-order valence-corrected chi connectivity index (χ0v) is 9.47. The van der Waals surface area contributed by atoms with Gasteiger partial charge in [0.25, 0.3) is 0 Å². The van der Waals surface area contributed by atoms with Crippen molar-refractivity contribution >= 4 is 29.2 Å². The maximum absolute atomic E-state index is 4.81. The molecule has 0 aliphatic rings. The van der Waals surface area contributed by atoms with Crippen molar-refractivity contribution in [2.45, 2.75) is 26.2 Å². The van der Waals surface area contributed by atoms with Gasteiger partial charge in [0.1, 0.15) is 0 Å². The second kappa shape index (κ2) is 8.72. The van der Waals surface area contributed by atoms with E-state index in [-0.39, 0.29) is 17.1 Å². The number of nitrogens with zero attached hydrogens (tertiary/aromatic N) is 1. The molecule has 0 bridgehead atoms. The van der Waals surface area contributed by atoms with Crippen LogP contribution in [0.2, 0.25) is 0 Å². The van der Waals surface area contributed by atoms with Crippen LogP contribution in [0.25, 0.3) is 0 Å². The normalized spacial score (nSPS) is 8.55. The van der Waals surface area contributed by atoms with Crippen LogP contribution in [0.4, 0.5) is 0 Å². The number of thiocarbonyl (C=S) groups is 1. The van der Waals surface area contributed by atoms with Gasteiger partial charge in [-0.2, -0.15) is 0 Å². The molecule has 0 radical (unpaired) electrons. The molecule has 0 fully saturated rings. The average molecular weight is 240 g/mol. The molecule has 0 aromatic heterocycles. The maximum atomic E-state index is 4.81. The van der Waals surface area contributed by atoms with E-state index in [0.29, 0.717) is 4.32 Å². The predicted molar refractivity (Wildman–Crippen MR) is 52.1 cm³/mol. The molecule has 0 aliphatic heterocycles. The van der Waals surface area contributed by atoms with Gasteiger partial charge in [0.15, 0.2) is 0 Å². The fourth-order valence-electron chi connectivity index (χ4n) is 0.690. The first-order valence-electron chi connectivity index (χ1n) is 3.60. The van der Waals surface area contributed by atoms with Crippen molar-refractivity contribution in [1.82, 2.24) is 4.90 Å². The van der Waals surface area contributed by atoms with Gasteiger partial charge in [0.05, 0.1) is 0 Å². The van der Waals surface area contributed by atoms with Crippen molar-refractivity contribution in [3.63, 3.8) is 0 Å². The summed E-state index contributed by atoms with van der Waals surface area (Å²) in [5, 5.41) is 0. The summed E-state index contributed by atoms with van der Waals surface area (Å²) >= 11 is 9.62. The van der Waals surface area contributed by atoms with Gasteiger partial charge >= 0.3 is 17.1 Å². The Labute approximate surface area is 90.8 Å². The Bertz CT molecular complexity index is 109. The Kier molecular flexibility index (Phi) is 11.2. The molecule has 0 atom stereocenters. The third-order valence-electron chi connectivity index (χ3n) is 1.41. The van der Waals surface area contributed by atoms with Crippen LogP contribution in [0.3, 0.4) is 0 Å². The van der Waals surface area contributed by atoms with Crippen LogP contribution in [0, 0.1) is 0 Å². The van der Waals surface area contributed by atoms with E-state index in [9.17, 15) is 0 Å². The summed E-state index contributed by atoms with van der Waals surface area (Å²) < 4.78 is 0.580. The zero-order chi connectivity index (χ0) is 7.98. The van der Waals surface area contributed by atoms with Crippen LogP contribution in [0.5, 0.6) is 0 Å². The van der Waals surface area contributed by atoms with E-state index >= 15 is 0 Å². The molecule has 0 saturated heterocycles. The summed E-state index contributed by atoms with van der Waals surface area (Å²) in [6.45, 7) is 3.20. The van der Waals surface area contributed by atoms with Gasteiger partial charge in [-0.25, -0.2) is 0 Å². The Balaban J connectivity index is 0. The molecule has 0 aliphatic carbocycles. The maximum Gasteiger partial charge on any atom is 1.00 e. The summed E-state index contributed by atoms with van der Waals surface area (Å²) in [5.41, 5.74) is 0. The van der Waals surface area contributed by atoms with Crippen molar-refractivity contribution in [1.29, 1.82) is 0 Å². The molecule has 4 heteroatoms. The standard InChI is InChI=1S/C7H15NS2.Cu/c1-3-4-5-6-8(2)7(9)10;/h3-6H2,1-2H3,(H,9,10);/q;+1/p-1. The Morgan fingerprint density at radius 2 is 2.00 bits per heavy atom. The zero-order valence-electron chi connectivity index (χ0n) is 6.89. The van der Waals surface area contributed by atoms with Crippen molar-refractivity contribution < 1.29 is 17.1 Å². The third-order valence-corrected chi connectivity index (χ3v) is 2.03. The topological polar surface area (TPSA) is 3.24 Å². The SMILES string of the molecule is CCCCCN(C)C(=S)[S-].[Cu+]. The minimum absolute atomic E-state index is 0. The first kappa shape index (κ1) is 14.2. The Morgan fingerprint density at radius 1 is 1.45 bits per heavy atom. The van der Waals surface area contributed by atoms with E-state index in [4.69, 9.17) is 24.8 Å². The monoisotopic (exact) mass is 239 g/mol. The molecule has 0 aromatic carbocycles. The molecule has 0 rings (SSSR count). The van der Waals surface area contributed by atoms with Crippen LogP contribution < -0.4 is 0 Å². The smallest absolute Gasteiger partial charge is 0.411 e. The molecule has 0 heterocycles. The second-order valence-electron chi connectivity index (χ2n) is 2.39.